The van der Waals surface area contributed by atoms with Gasteiger partial charge in [-0.25, -0.2) is 0 Å². The number of aliphatic imine (C=N–C) groups is 1. The maximum atomic E-state index is 5.75. The Labute approximate surface area is 158 Å². The second-order valence-electron chi connectivity index (χ2n) is 5.83. The average molecular weight is 443 g/mol. The summed E-state index contributed by atoms with van der Waals surface area (Å²) in [4.78, 5) is 4.21. The molecule has 1 saturated heterocycles. The Morgan fingerprint density at radius 2 is 1.91 bits per heavy atom. The maximum Gasteiger partial charge on any atom is 0.191 e. The van der Waals surface area contributed by atoms with Gasteiger partial charge in [0.1, 0.15) is 0 Å². The molecular formula is C16H34IN3O3. The van der Waals surface area contributed by atoms with Crippen molar-refractivity contribution in [1.82, 2.24) is 10.6 Å². The van der Waals surface area contributed by atoms with Crippen molar-refractivity contribution in [1.29, 1.82) is 0 Å². The van der Waals surface area contributed by atoms with Crippen LogP contribution in [0.15, 0.2) is 4.99 Å². The van der Waals surface area contributed by atoms with Gasteiger partial charge in [-0.2, -0.15) is 0 Å². The van der Waals surface area contributed by atoms with Crippen LogP contribution in [0.25, 0.3) is 0 Å². The van der Waals surface area contributed by atoms with Crippen molar-refractivity contribution in [3.05, 3.63) is 0 Å². The third-order valence-electron chi connectivity index (χ3n) is 3.71. The van der Waals surface area contributed by atoms with Gasteiger partial charge in [0.2, 0.25) is 0 Å². The standard InChI is InChI=1S/C16H33N3O3.HI/c1-4-5-9-20-12-13-21-11-8-18-15(17-3)19-14-16(2)7-6-10-22-16;/h4-14H2,1-3H3,(H2,17,18,19);1H. The molecule has 0 bridgehead atoms. The zero-order valence-corrected chi connectivity index (χ0v) is 17.2. The van der Waals surface area contributed by atoms with Gasteiger partial charge in [-0.1, -0.05) is 13.3 Å². The number of hydrogen-bond acceptors (Lipinski definition) is 4. The SMILES string of the molecule is CCCCOCCOCCNC(=NC)NCC1(C)CCCO1.I. The molecule has 0 radical (unpaired) electrons. The molecule has 0 aromatic rings. The van der Waals surface area contributed by atoms with Crippen molar-refractivity contribution in [2.75, 3.05) is 53.2 Å². The van der Waals surface area contributed by atoms with Gasteiger partial charge in [0.25, 0.3) is 0 Å². The first kappa shape index (κ1) is 22.9. The smallest absolute Gasteiger partial charge is 0.191 e. The molecule has 1 atom stereocenters. The molecule has 1 heterocycles. The fraction of sp³-hybridized carbons (Fsp3) is 0.938. The molecule has 2 N–H and O–H groups in total. The average Bonchev–Trinajstić information content (AvgIpc) is 2.95. The highest BCUT2D eigenvalue weighted by atomic mass is 127. The minimum absolute atomic E-state index is 0. The van der Waals surface area contributed by atoms with Crippen LogP contribution in [0.3, 0.4) is 0 Å². The van der Waals surface area contributed by atoms with Crippen molar-refractivity contribution in [2.24, 2.45) is 4.99 Å². The van der Waals surface area contributed by atoms with Crippen LogP contribution in [0, 0.1) is 0 Å². The second kappa shape index (κ2) is 14.2. The summed E-state index contributed by atoms with van der Waals surface area (Å²) in [6, 6.07) is 0. The highest BCUT2D eigenvalue weighted by Crippen LogP contribution is 2.23. The first-order valence-corrected chi connectivity index (χ1v) is 8.44. The van der Waals surface area contributed by atoms with Crippen molar-refractivity contribution >= 4 is 29.9 Å². The number of guanidine groups is 1. The fourth-order valence-corrected chi connectivity index (χ4v) is 2.28. The molecular weight excluding hydrogens is 409 g/mol. The summed E-state index contributed by atoms with van der Waals surface area (Å²) in [5, 5.41) is 6.55. The molecule has 1 aliphatic heterocycles. The summed E-state index contributed by atoms with van der Waals surface area (Å²) in [6.07, 6.45) is 4.52. The van der Waals surface area contributed by atoms with E-state index in [1.54, 1.807) is 7.05 Å². The van der Waals surface area contributed by atoms with E-state index in [1.807, 2.05) is 0 Å². The van der Waals surface area contributed by atoms with Crippen LogP contribution >= 0.6 is 24.0 Å². The largest absolute Gasteiger partial charge is 0.379 e. The van der Waals surface area contributed by atoms with E-state index in [1.165, 1.54) is 6.42 Å². The van der Waals surface area contributed by atoms with Gasteiger partial charge in [0, 0.05) is 33.4 Å². The predicted octanol–water partition coefficient (Wildman–Crippen LogP) is 2.17. The lowest BCUT2D eigenvalue weighted by atomic mass is 10.0. The minimum atomic E-state index is -0.0655. The third-order valence-corrected chi connectivity index (χ3v) is 3.71. The molecule has 1 fully saturated rings. The lowest BCUT2D eigenvalue weighted by Crippen LogP contribution is -2.46. The molecule has 1 unspecified atom stereocenters. The molecule has 0 aliphatic carbocycles. The molecule has 138 valence electrons. The molecule has 6 nitrogen and oxygen atoms in total. The summed E-state index contributed by atoms with van der Waals surface area (Å²) in [6.45, 7) is 9.45. The second-order valence-corrected chi connectivity index (χ2v) is 5.83. The van der Waals surface area contributed by atoms with Crippen LogP contribution < -0.4 is 10.6 Å². The number of ether oxygens (including phenoxy) is 3. The number of hydrogen-bond donors (Lipinski definition) is 2. The van der Waals surface area contributed by atoms with Gasteiger partial charge in [-0.15, -0.1) is 24.0 Å². The lowest BCUT2D eigenvalue weighted by molar-refractivity contribution is 0.0242. The summed E-state index contributed by atoms with van der Waals surface area (Å²) in [5.41, 5.74) is -0.0655. The predicted molar refractivity (Wildman–Crippen MR) is 105 cm³/mol. The van der Waals surface area contributed by atoms with Gasteiger partial charge in [-0.3, -0.25) is 4.99 Å². The van der Waals surface area contributed by atoms with Crippen molar-refractivity contribution in [3.8, 4) is 0 Å². The van der Waals surface area contributed by atoms with Crippen LogP contribution in [0.5, 0.6) is 0 Å². The van der Waals surface area contributed by atoms with Gasteiger partial charge in [-0.05, 0) is 26.2 Å². The number of rotatable bonds is 11. The van der Waals surface area contributed by atoms with Gasteiger partial charge in [0.15, 0.2) is 5.96 Å². The Kier molecular flexibility index (Phi) is 14.2. The van der Waals surface area contributed by atoms with Crippen LogP contribution in [-0.2, 0) is 14.2 Å². The highest BCUT2D eigenvalue weighted by molar-refractivity contribution is 14.0. The van der Waals surface area contributed by atoms with E-state index in [0.717, 1.165) is 51.5 Å². The Bertz CT molecular complexity index is 311. The van der Waals surface area contributed by atoms with Crippen molar-refractivity contribution in [2.45, 2.75) is 45.1 Å². The van der Waals surface area contributed by atoms with E-state index in [9.17, 15) is 0 Å². The third kappa shape index (κ3) is 11.1. The van der Waals surface area contributed by atoms with Crippen LogP contribution in [0.2, 0.25) is 0 Å². The summed E-state index contributed by atoms with van der Waals surface area (Å²) in [5.74, 6) is 0.791. The Morgan fingerprint density at radius 3 is 2.52 bits per heavy atom. The number of nitrogens with zero attached hydrogens (tertiary/aromatic N) is 1. The Balaban J connectivity index is 0.00000484. The normalized spacial score (nSPS) is 21.1. The lowest BCUT2D eigenvalue weighted by Gasteiger charge is -2.24. The fourth-order valence-electron chi connectivity index (χ4n) is 2.28. The van der Waals surface area contributed by atoms with E-state index in [4.69, 9.17) is 14.2 Å². The van der Waals surface area contributed by atoms with Gasteiger partial charge >= 0.3 is 0 Å². The molecule has 0 spiro atoms. The Hall–Kier alpha value is -0.120. The molecule has 0 saturated carbocycles. The topological polar surface area (TPSA) is 64.1 Å². The zero-order chi connectivity index (χ0) is 16.1. The van der Waals surface area contributed by atoms with E-state index in [0.29, 0.717) is 19.8 Å². The molecule has 23 heavy (non-hydrogen) atoms. The summed E-state index contributed by atoms with van der Waals surface area (Å²) in [7, 11) is 1.77. The molecule has 1 aliphatic rings. The quantitative estimate of drug-likeness (QED) is 0.222. The molecule has 1 rings (SSSR count). The van der Waals surface area contributed by atoms with Crippen LogP contribution in [0.4, 0.5) is 0 Å². The van der Waals surface area contributed by atoms with Crippen LogP contribution in [-0.4, -0.2) is 64.7 Å². The van der Waals surface area contributed by atoms with E-state index in [-0.39, 0.29) is 29.6 Å². The Morgan fingerprint density at radius 1 is 1.17 bits per heavy atom. The van der Waals surface area contributed by atoms with E-state index in [2.05, 4.69) is 29.5 Å². The monoisotopic (exact) mass is 443 g/mol. The summed E-state index contributed by atoms with van der Waals surface area (Å²) < 4.78 is 16.7. The van der Waals surface area contributed by atoms with E-state index < -0.39 is 0 Å². The number of unbranched alkanes of at least 4 members (excludes halogenated alkanes) is 1. The van der Waals surface area contributed by atoms with Crippen molar-refractivity contribution in [3.63, 3.8) is 0 Å². The maximum absolute atomic E-state index is 5.75. The zero-order valence-electron chi connectivity index (χ0n) is 14.9. The van der Waals surface area contributed by atoms with Gasteiger partial charge in [0.05, 0.1) is 25.4 Å². The minimum Gasteiger partial charge on any atom is -0.379 e. The summed E-state index contributed by atoms with van der Waals surface area (Å²) >= 11 is 0. The molecule has 0 aromatic carbocycles. The molecule has 0 aromatic heterocycles. The first-order chi connectivity index (χ1) is 10.7. The molecule has 0 amide bonds. The number of halogens is 1. The molecule has 7 heteroatoms. The van der Waals surface area contributed by atoms with E-state index >= 15 is 0 Å². The number of nitrogens with one attached hydrogen (secondary N) is 2. The highest BCUT2D eigenvalue weighted by Gasteiger charge is 2.29. The van der Waals surface area contributed by atoms with Crippen molar-refractivity contribution < 1.29 is 14.2 Å². The van der Waals surface area contributed by atoms with Gasteiger partial charge < -0.3 is 24.8 Å². The first-order valence-electron chi connectivity index (χ1n) is 8.44. The van der Waals surface area contributed by atoms with Crippen LogP contribution in [0.1, 0.15) is 39.5 Å².